The van der Waals surface area contributed by atoms with Crippen LogP contribution in [0.3, 0.4) is 0 Å². The highest BCUT2D eigenvalue weighted by Gasteiger charge is 2.32. The summed E-state index contributed by atoms with van der Waals surface area (Å²) in [7, 11) is 0. The molecule has 80 valence electrons. The lowest BCUT2D eigenvalue weighted by Gasteiger charge is -2.05. The van der Waals surface area contributed by atoms with E-state index in [1.54, 1.807) is 0 Å². The van der Waals surface area contributed by atoms with Crippen molar-refractivity contribution in [3.8, 4) is 0 Å². The van der Waals surface area contributed by atoms with Gasteiger partial charge in [0.15, 0.2) is 0 Å². The zero-order valence-corrected chi connectivity index (χ0v) is 10.3. The van der Waals surface area contributed by atoms with Crippen LogP contribution in [0, 0.1) is 11.8 Å². The maximum absolute atomic E-state index is 11.8. The molecule has 1 saturated carbocycles. The Morgan fingerprint density at radius 3 is 2.80 bits per heavy atom. The Balaban J connectivity index is 1.93. The van der Waals surface area contributed by atoms with E-state index in [0.29, 0.717) is 11.5 Å². The number of rotatable bonds is 3. The molecule has 1 N–H and O–H groups in total. The highest BCUT2D eigenvalue weighted by atomic mass is 79.9. The van der Waals surface area contributed by atoms with E-state index in [9.17, 15) is 4.79 Å². The summed E-state index contributed by atoms with van der Waals surface area (Å²) < 4.78 is 0.853. The predicted molar refractivity (Wildman–Crippen MR) is 63.7 cm³/mol. The molecule has 2 rings (SSSR count). The highest BCUT2D eigenvalue weighted by molar-refractivity contribution is 9.10. The normalized spacial score (nSPS) is 23.6. The van der Waals surface area contributed by atoms with E-state index in [0.717, 1.165) is 16.9 Å². The van der Waals surface area contributed by atoms with Crippen molar-refractivity contribution in [3.63, 3.8) is 0 Å². The van der Waals surface area contributed by atoms with Gasteiger partial charge < -0.3 is 5.32 Å². The van der Waals surface area contributed by atoms with Crippen molar-refractivity contribution in [1.29, 1.82) is 0 Å². The van der Waals surface area contributed by atoms with Crippen LogP contribution in [-0.2, 0) is 0 Å². The van der Waals surface area contributed by atoms with Crippen molar-refractivity contribution in [2.75, 3.05) is 6.54 Å². The third-order valence-corrected chi connectivity index (χ3v) is 3.61. The van der Waals surface area contributed by atoms with Crippen LogP contribution in [0.5, 0.6) is 0 Å². The van der Waals surface area contributed by atoms with E-state index < -0.39 is 0 Å². The second-order valence-corrected chi connectivity index (χ2v) is 5.02. The van der Waals surface area contributed by atoms with E-state index >= 15 is 0 Å². The Morgan fingerprint density at radius 2 is 2.20 bits per heavy atom. The minimum atomic E-state index is 0.0153. The van der Waals surface area contributed by atoms with E-state index in [1.165, 1.54) is 6.42 Å². The maximum atomic E-state index is 11.8. The Bertz CT molecular complexity index is 378. The lowest BCUT2D eigenvalue weighted by atomic mass is 10.2. The molecule has 3 heteroatoms. The largest absolute Gasteiger partial charge is 0.352 e. The van der Waals surface area contributed by atoms with Crippen LogP contribution in [0.1, 0.15) is 23.7 Å². The first kappa shape index (κ1) is 10.7. The number of benzene rings is 1. The number of carbonyl (C=O) groups excluding carboxylic acids is 1. The van der Waals surface area contributed by atoms with Crippen molar-refractivity contribution >= 4 is 21.8 Å². The van der Waals surface area contributed by atoms with Crippen molar-refractivity contribution in [2.45, 2.75) is 13.3 Å². The Labute approximate surface area is 98.2 Å². The molecule has 1 aromatic rings. The molecule has 2 nitrogen and oxygen atoms in total. The molecule has 1 aliphatic carbocycles. The lowest BCUT2D eigenvalue weighted by Crippen LogP contribution is -2.26. The molecule has 1 amide bonds. The fraction of sp³-hybridized carbons (Fsp3) is 0.417. The van der Waals surface area contributed by atoms with Crippen molar-refractivity contribution in [1.82, 2.24) is 5.32 Å². The van der Waals surface area contributed by atoms with E-state index in [2.05, 4.69) is 28.2 Å². The fourth-order valence-electron chi connectivity index (χ4n) is 1.65. The number of hydrogen-bond donors (Lipinski definition) is 1. The topological polar surface area (TPSA) is 29.1 Å². The number of carbonyl (C=O) groups is 1. The van der Waals surface area contributed by atoms with Gasteiger partial charge in [0.1, 0.15) is 0 Å². The summed E-state index contributed by atoms with van der Waals surface area (Å²) >= 11 is 3.37. The molecule has 0 spiro atoms. The summed E-state index contributed by atoms with van der Waals surface area (Å²) in [4.78, 5) is 11.8. The molecule has 2 unspecified atom stereocenters. The van der Waals surface area contributed by atoms with Crippen LogP contribution in [0.4, 0.5) is 0 Å². The first-order chi connectivity index (χ1) is 7.18. The molecular weight excluding hydrogens is 254 g/mol. The number of nitrogens with one attached hydrogen (secondary N) is 1. The molecule has 2 atom stereocenters. The highest BCUT2D eigenvalue weighted by Crippen LogP contribution is 2.36. The van der Waals surface area contributed by atoms with Crippen LogP contribution in [0.2, 0.25) is 0 Å². The molecule has 0 saturated heterocycles. The van der Waals surface area contributed by atoms with Crippen molar-refractivity contribution in [3.05, 3.63) is 34.3 Å². The fourth-order valence-corrected chi connectivity index (χ4v) is 2.11. The van der Waals surface area contributed by atoms with E-state index in [1.807, 2.05) is 24.3 Å². The standard InChI is InChI=1S/C12H14BrNO/c1-8-6-9(8)7-14-12(15)10-4-2-3-5-11(10)13/h2-5,8-9H,6-7H2,1H3,(H,14,15). The van der Waals surface area contributed by atoms with Crippen LogP contribution in [0.15, 0.2) is 28.7 Å². The van der Waals surface area contributed by atoms with E-state index in [-0.39, 0.29) is 5.91 Å². The third kappa shape index (κ3) is 2.59. The summed E-state index contributed by atoms with van der Waals surface area (Å²) in [5, 5.41) is 2.96. The van der Waals surface area contributed by atoms with E-state index in [4.69, 9.17) is 0 Å². The van der Waals surface area contributed by atoms with Gasteiger partial charge in [-0.1, -0.05) is 19.1 Å². The Kier molecular flexibility index (Phi) is 3.10. The first-order valence-electron chi connectivity index (χ1n) is 5.21. The molecule has 0 aliphatic heterocycles. The van der Waals surface area contributed by atoms with Crippen molar-refractivity contribution < 1.29 is 4.79 Å². The molecule has 0 aromatic heterocycles. The van der Waals surface area contributed by atoms with Gasteiger partial charge in [-0.2, -0.15) is 0 Å². The van der Waals surface area contributed by atoms with Crippen molar-refractivity contribution in [2.24, 2.45) is 11.8 Å². The van der Waals surface area contributed by atoms with Gasteiger partial charge in [-0.25, -0.2) is 0 Å². The van der Waals surface area contributed by atoms with Gasteiger partial charge in [0.2, 0.25) is 0 Å². The second-order valence-electron chi connectivity index (χ2n) is 4.16. The zero-order chi connectivity index (χ0) is 10.8. The van der Waals surface area contributed by atoms with Gasteiger partial charge in [0.05, 0.1) is 5.56 Å². The van der Waals surface area contributed by atoms with Gasteiger partial charge in [-0.3, -0.25) is 4.79 Å². The first-order valence-corrected chi connectivity index (χ1v) is 6.00. The van der Waals surface area contributed by atoms with Gasteiger partial charge in [0.25, 0.3) is 5.91 Å². The summed E-state index contributed by atoms with van der Waals surface area (Å²) in [5.41, 5.74) is 0.714. The molecule has 0 bridgehead atoms. The summed E-state index contributed by atoms with van der Waals surface area (Å²) in [6, 6.07) is 7.49. The monoisotopic (exact) mass is 267 g/mol. The quantitative estimate of drug-likeness (QED) is 0.897. The number of amides is 1. The van der Waals surface area contributed by atoms with Crippen LogP contribution >= 0.6 is 15.9 Å². The van der Waals surface area contributed by atoms with Crippen LogP contribution in [0.25, 0.3) is 0 Å². The van der Waals surface area contributed by atoms with Crippen LogP contribution < -0.4 is 5.32 Å². The smallest absolute Gasteiger partial charge is 0.252 e. The van der Waals surface area contributed by atoms with Crippen LogP contribution in [-0.4, -0.2) is 12.5 Å². The molecule has 1 aliphatic rings. The summed E-state index contributed by atoms with van der Waals surface area (Å²) in [5.74, 6) is 1.49. The molecule has 1 aromatic carbocycles. The SMILES string of the molecule is CC1CC1CNC(=O)c1ccccc1Br. The molecule has 15 heavy (non-hydrogen) atoms. The average molecular weight is 268 g/mol. The van der Waals surface area contributed by atoms with Gasteiger partial charge in [0, 0.05) is 11.0 Å². The lowest BCUT2D eigenvalue weighted by molar-refractivity contribution is 0.0950. The minimum absolute atomic E-state index is 0.0153. The maximum Gasteiger partial charge on any atom is 0.252 e. The van der Waals surface area contributed by atoms with Gasteiger partial charge in [-0.15, -0.1) is 0 Å². The minimum Gasteiger partial charge on any atom is -0.352 e. The molecule has 0 radical (unpaired) electrons. The summed E-state index contributed by atoms with van der Waals surface area (Å²) in [6.45, 7) is 3.02. The number of halogens is 1. The molecule has 1 fully saturated rings. The predicted octanol–water partition coefficient (Wildman–Crippen LogP) is 2.83. The van der Waals surface area contributed by atoms with Gasteiger partial charge in [-0.05, 0) is 46.3 Å². The zero-order valence-electron chi connectivity index (χ0n) is 8.66. The average Bonchev–Trinajstić information content (AvgIpc) is 2.92. The molecule has 0 heterocycles. The Morgan fingerprint density at radius 1 is 1.53 bits per heavy atom. The van der Waals surface area contributed by atoms with Gasteiger partial charge >= 0.3 is 0 Å². The third-order valence-electron chi connectivity index (χ3n) is 2.92. The molecular formula is C12H14BrNO. The summed E-state index contributed by atoms with van der Waals surface area (Å²) in [6.07, 6.45) is 1.25. The Hall–Kier alpha value is -0.830. The second kappa shape index (κ2) is 4.35. The number of hydrogen-bond acceptors (Lipinski definition) is 1.